The third kappa shape index (κ3) is 9.73. The summed E-state index contributed by atoms with van der Waals surface area (Å²) in [7, 11) is 0.833. The fourth-order valence-electron chi connectivity index (χ4n) is 4.11. The number of hydrogen-bond acceptors (Lipinski definition) is 10. The molecule has 1 aliphatic heterocycles. The second-order valence-corrected chi connectivity index (χ2v) is 11.6. The number of benzene rings is 2. The highest BCUT2D eigenvalue weighted by Gasteiger charge is 2.22. The Balaban J connectivity index is 0.000000934. The van der Waals surface area contributed by atoms with Crippen molar-refractivity contribution in [1.82, 2.24) is 14.9 Å². The van der Waals surface area contributed by atoms with Crippen molar-refractivity contribution in [3.63, 3.8) is 0 Å². The molecular weight excluding hydrogens is 621 g/mol. The van der Waals surface area contributed by atoms with Gasteiger partial charge in [0.2, 0.25) is 0 Å². The Kier molecular flexibility index (Phi) is 12.0. The predicted molar refractivity (Wildman–Crippen MR) is 171 cm³/mol. The molecule has 0 radical (unpaired) electrons. The maximum Gasteiger partial charge on any atom is 0.327 e. The van der Waals surface area contributed by atoms with Gasteiger partial charge in [0.25, 0.3) is 10.1 Å². The average Bonchev–Trinajstić information content (AvgIpc) is 2.98. The van der Waals surface area contributed by atoms with Crippen LogP contribution < -0.4 is 29.9 Å². The maximum atomic E-state index is 13.0. The number of anilines is 5. The molecule has 2 heterocycles. The second-order valence-electron chi connectivity index (χ2n) is 9.36. The number of nitrogens with zero attached hydrogens (tertiary/aromatic N) is 5. The standard InChI is InChI=1S/C26H31Cl2N7O3.CH4O3S/c1-5-34-10-12-35(13-11-34)18-8-6-17(7-9-18)31-21-15-22(30-16-29-21)33(2)26(36)32-25-23(27)19(37-3)14-20(38-4)24(25)28;1-5(2,3)4/h6-9,14-16H,5,10-13H2,1-4H3,(H,32,36)(H,29,30,31);1H3,(H,2,3,4). The van der Waals surface area contributed by atoms with Crippen LogP contribution in [-0.4, -0.2) is 94.1 Å². The summed E-state index contributed by atoms with van der Waals surface area (Å²) in [6.07, 6.45) is 2.10. The molecule has 3 N–H and O–H groups in total. The Morgan fingerprint density at radius 2 is 1.58 bits per heavy atom. The minimum Gasteiger partial charge on any atom is -0.495 e. The van der Waals surface area contributed by atoms with Gasteiger partial charge < -0.3 is 29.9 Å². The molecule has 1 aliphatic rings. The van der Waals surface area contributed by atoms with Gasteiger partial charge in [-0.2, -0.15) is 8.42 Å². The van der Waals surface area contributed by atoms with Crippen molar-refractivity contribution in [2.45, 2.75) is 6.92 Å². The monoisotopic (exact) mass is 655 g/mol. The van der Waals surface area contributed by atoms with Crippen LogP contribution in [0.5, 0.6) is 11.5 Å². The van der Waals surface area contributed by atoms with Crippen molar-refractivity contribution in [2.24, 2.45) is 0 Å². The second kappa shape index (κ2) is 15.3. The fraction of sp³-hybridized carbons (Fsp3) is 0.370. The van der Waals surface area contributed by atoms with E-state index in [1.807, 2.05) is 12.1 Å². The lowest BCUT2D eigenvalue weighted by Gasteiger charge is -2.35. The molecule has 16 heteroatoms. The van der Waals surface area contributed by atoms with Crippen LogP contribution in [0.3, 0.4) is 0 Å². The summed E-state index contributed by atoms with van der Waals surface area (Å²) in [4.78, 5) is 27.7. The summed E-state index contributed by atoms with van der Waals surface area (Å²) >= 11 is 12.8. The van der Waals surface area contributed by atoms with Crippen molar-refractivity contribution >= 4 is 68.0 Å². The van der Waals surface area contributed by atoms with E-state index >= 15 is 0 Å². The van der Waals surface area contributed by atoms with E-state index in [9.17, 15) is 13.2 Å². The summed E-state index contributed by atoms with van der Waals surface area (Å²) in [5, 5.41) is 6.29. The molecule has 13 nitrogen and oxygen atoms in total. The van der Waals surface area contributed by atoms with Crippen molar-refractivity contribution in [3.05, 3.63) is 52.8 Å². The highest BCUT2D eigenvalue weighted by molar-refractivity contribution is 7.85. The number of aromatic nitrogens is 2. The van der Waals surface area contributed by atoms with Gasteiger partial charge in [-0.1, -0.05) is 30.1 Å². The number of likely N-dealkylation sites (N-methyl/N-ethyl adjacent to an activating group) is 1. The lowest BCUT2D eigenvalue weighted by molar-refractivity contribution is 0.258. The molecule has 43 heavy (non-hydrogen) atoms. The van der Waals surface area contributed by atoms with E-state index < -0.39 is 16.1 Å². The van der Waals surface area contributed by atoms with Gasteiger partial charge in [0.15, 0.2) is 0 Å². The Hall–Kier alpha value is -3.56. The first-order chi connectivity index (χ1) is 20.3. The zero-order valence-electron chi connectivity index (χ0n) is 24.5. The quantitative estimate of drug-likeness (QED) is 0.286. The molecule has 234 valence electrons. The van der Waals surface area contributed by atoms with E-state index in [0.717, 1.165) is 38.4 Å². The maximum absolute atomic E-state index is 13.0. The molecule has 1 aromatic heterocycles. The highest BCUT2D eigenvalue weighted by atomic mass is 35.5. The number of nitrogens with one attached hydrogen (secondary N) is 2. The molecule has 0 spiro atoms. The van der Waals surface area contributed by atoms with Crippen LogP contribution in [0.2, 0.25) is 10.0 Å². The summed E-state index contributed by atoms with van der Waals surface area (Å²) in [6.45, 7) is 7.47. The zero-order valence-corrected chi connectivity index (χ0v) is 26.8. The third-order valence-electron chi connectivity index (χ3n) is 6.43. The third-order valence-corrected chi connectivity index (χ3v) is 7.18. The number of hydrogen-bond donors (Lipinski definition) is 3. The molecule has 0 atom stereocenters. The van der Waals surface area contributed by atoms with E-state index in [2.05, 4.69) is 49.5 Å². The molecule has 0 bridgehead atoms. The number of halogens is 2. The highest BCUT2D eigenvalue weighted by Crippen LogP contribution is 2.44. The number of amides is 2. The molecule has 0 saturated carbocycles. The van der Waals surface area contributed by atoms with Crippen LogP contribution in [0.1, 0.15) is 6.92 Å². The van der Waals surface area contributed by atoms with Crippen LogP contribution in [0.15, 0.2) is 42.7 Å². The van der Waals surface area contributed by atoms with Gasteiger partial charge in [-0.15, -0.1) is 0 Å². The smallest absolute Gasteiger partial charge is 0.327 e. The van der Waals surface area contributed by atoms with Crippen molar-refractivity contribution in [2.75, 3.05) is 80.7 Å². The molecule has 2 amide bonds. The number of ether oxygens (including phenoxy) is 2. The van der Waals surface area contributed by atoms with Crippen LogP contribution in [0.4, 0.5) is 33.5 Å². The van der Waals surface area contributed by atoms with Gasteiger partial charge in [0.05, 0.1) is 26.2 Å². The Morgan fingerprint density at radius 3 is 2.09 bits per heavy atom. The van der Waals surface area contributed by atoms with Crippen molar-refractivity contribution in [3.8, 4) is 11.5 Å². The zero-order chi connectivity index (χ0) is 31.7. The molecule has 1 saturated heterocycles. The van der Waals surface area contributed by atoms with Crippen molar-refractivity contribution < 1.29 is 27.2 Å². The van der Waals surface area contributed by atoms with Crippen LogP contribution in [-0.2, 0) is 10.1 Å². The number of piperazine rings is 1. The first-order valence-electron chi connectivity index (χ1n) is 13.1. The molecule has 1 fully saturated rings. The van der Waals surface area contributed by atoms with Gasteiger partial charge in [0.1, 0.15) is 39.5 Å². The van der Waals surface area contributed by atoms with E-state index in [4.69, 9.17) is 37.2 Å². The number of carbonyl (C=O) groups excluding carboxylic acids is 1. The number of methoxy groups -OCH3 is 2. The van der Waals surface area contributed by atoms with Gasteiger partial charge in [-0.05, 0) is 30.8 Å². The summed E-state index contributed by atoms with van der Waals surface area (Å²) in [5.41, 5.74) is 2.24. The van der Waals surface area contributed by atoms with Crippen LogP contribution >= 0.6 is 23.2 Å². The van der Waals surface area contributed by atoms with E-state index in [1.54, 1.807) is 19.2 Å². The predicted octanol–water partition coefficient (Wildman–Crippen LogP) is 4.86. The minimum atomic E-state index is -3.67. The molecule has 3 aromatic rings. The first kappa shape index (κ1) is 33.9. The van der Waals surface area contributed by atoms with Gasteiger partial charge >= 0.3 is 6.03 Å². The molecular formula is C27H35Cl2N7O6S. The van der Waals surface area contributed by atoms with E-state index in [-0.39, 0.29) is 15.7 Å². The minimum absolute atomic E-state index is 0.154. The Morgan fingerprint density at radius 1 is 1.02 bits per heavy atom. The van der Waals surface area contributed by atoms with Gasteiger partial charge in [-0.25, -0.2) is 14.8 Å². The largest absolute Gasteiger partial charge is 0.495 e. The SMILES string of the molecule is CCN1CCN(c2ccc(Nc3cc(N(C)C(=O)Nc4c(Cl)c(OC)cc(OC)c4Cl)ncn3)cc2)CC1.CS(=O)(=O)O. The van der Waals surface area contributed by atoms with E-state index in [1.165, 1.54) is 31.1 Å². The summed E-state index contributed by atoms with van der Waals surface area (Å²) in [6, 6.07) is 10.9. The number of carbonyl (C=O) groups is 1. The topological polar surface area (TPSA) is 149 Å². The first-order valence-corrected chi connectivity index (χ1v) is 15.7. The van der Waals surface area contributed by atoms with Gasteiger partial charge in [-0.3, -0.25) is 9.45 Å². The lowest BCUT2D eigenvalue weighted by Crippen LogP contribution is -2.46. The fourth-order valence-corrected chi connectivity index (χ4v) is 4.71. The lowest BCUT2D eigenvalue weighted by atomic mass is 10.2. The van der Waals surface area contributed by atoms with Crippen molar-refractivity contribution in [1.29, 1.82) is 0 Å². The molecule has 4 rings (SSSR count). The number of rotatable bonds is 8. The molecule has 2 aromatic carbocycles. The Bertz CT molecular complexity index is 1470. The summed E-state index contributed by atoms with van der Waals surface area (Å²) < 4.78 is 36.4. The van der Waals surface area contributed by atoms with Gasteiger partial charge in [0, 0.05) is 56.7 Å². The molecule has 0 aliphatic carbocycles. The normalized spacial score (nSPS) is 13.4. The number of urea groups is 1. The van der Waals surface area contributed by atoms with E-state index in [0.29, 0.717) is 29.4 Å². The summed E-state index contributed by atoms with van der Waals surface area (Å²) in [5.74, 6) is 1.54. The van der Waals surface area contributed by atoms with Crippen LogP contribution in [0.25, 0.3) is 0 Å². The average molecular weight is 657 g/mol. The van der Waals surface area contributed by atoms with Crippen LogP contribution in [0, 0.1) is 0 Å². The Labute approximate surface area is 261 Å². The molecule has 0 unspecified atom stereocenters.